The van der Waals surface area contributed by atoms with E-state index in [1.807, 2.05) is 0 Å². The van der Waals surface area contributed by atoms with Crippen LogP contribution in [0.1, 0.15) is 23.2 Å². The van der Waals surface area contributed by atoms with E-state index in [0.29, 0.717) is 24.3 Å². The van der Waals surface area contributed by atoms with E-state index in [0.717, 1.165) is 0 Å². The highest BCUT2D eigenvalue weighted by atomic mass is 19.1. The standard InChI is InChI=1S/C12H13FO4/c1-16-10-6-8(11(14)15)2-3-9(10)17-12(7-13)4-5-12/h2-3,6H,4-5,7H2,1H3,(H,14,15). The van der Waals surface area contributed by atoms with Crippen molar-refractivity contribution in [1.82, 2.24) is 0 Å². The molecule has 1 aromatic carbocycles. The van der Waals surface area contributed by atoms with Gasteiger partial charge in [0.2, 0.25) is 0 Å². The van der Waals surface area contributed by atoms with Gasteiger partial charge in [-0.15, -0.1) is 0 Å². The van der Waals surface area contributed by atoms with Crippen molar-refractivity contribution in [2.24, 2.45) is 0 Å². The second kappa shape index (κ2) is 4.24. The Bertz CT molecular complexity index is 440. The Morgan fingerprint density at radius 2 is 2.18 bits per heavy atom. The van der Waals surface area contributed by atoms with Crippen molar-refractivity contribution in [3.63, 3.8) is 0 Å². The average Bonchev–Trinajstić information content (AvgIpc) is 3.10. The van der Waals surface area contributed by atoms with Crippen LogP contribution in [0.5, 0.6) is 11.5 Å². The third-order valence-corrected chi connectivity index (χ3v) is 2.79. The summed E-state index contributed by atoms with van der Waals surface area (Å²) in [5.74, 6) is -0.348. The zero-order valence-electron chi connectivity index (χ0n) is 9.40. The number of aromatic carboxylic acids is 1. The third kappa shape index (κ3) is 2.33. The Labute approximate surface area is 98.0 Å². The van der Waals surface area contributed by atoms with Gasteiger partial charge < -0.3 is 14.6 Å². The highest BCUT2D eigenvalue weighted by molar-refractivity contribution is 5.88. The van der Waals surface area contributed by atoms with Crippen LogP contribution in [0.25, 0.3) is 0 Å². The molecule has 0 unspecified atom stereocenters. The van der Waals surface area contributed by atoms with Crippen LogP contribution in [0.2, 0.25) is 0 Å². The molecule has 0 aromatic heterocycles. The van der Waals surface area contributed by atoms with E-state index >= 15 is 0 Å². The van der Waals surface area contributed by atoms with Gasteiger partial charge in [0, 0.05) is 0 Å². The third-order valence-electron chi connectivity index (χ3n) is 2.79. The molecule has 5 heteroatoms. The normalized spacial score (nSPS) is 16.4. The Morgan fingerprint density at radius 1 is 1.47 bits per heavy atom. The van der Waals surface area contributed by atoms with Crippen LogP contribution in [0.15, 0.2) is 18.2 Å². The van der Waals surface area contributed by atoms with Crippen molar-refractivity contribution in [2.75, 3.05) is 13.8 Å². The van der Waals surface area contributed by atoms with Crippen LogP contribution in [-0.2, 0) is 0 Å². The molecule has 1 aromatic rings. The van der Waals surface area contributed by atoms with E-state index in [1.165, 1.54) is 25.3 Å². The van der Waals surface area contributed by atoms with Gasteiger partial charge in [-0.1, -0.05) is 0 Å². The molecule has 0 spiro atoms. The molecular weight excluding hydrogens is 227 g/mol. The first-order valence-corrected chi connectivity index (χ1v) is 5.26. The Morgan fingerprint density at radius 3 is 2.65 bits per heavy atom. The summed E-state index contributed by atoms with van der Waals surface area (Å²) in [6.07, 6.45) is 1.35. The van der Waals surface area contributed by atoms with Gasteiger partial charge in [-0.2, -0.15) is 0 Å². The summed E-state index contributed by atoms with van der Waals surface area (Å²) < 4.78 is 23.3. The van der Waals surface area contributed by atoms with Gasteiger partial charge in [-0.25, -0.2) is 9.18 Å². The molecule has 4 nitrogen and oxygen atoms in total. The van der Waals surface area contributed by atoms with Gasteiger partial charge in [0.1, 0.15) is 12.3 Å². The van der Waals surface area contributed by atoms with Gasteiger partial charge in [0.25, 0.3) is 0 Å². The highest BCUT2D eigenvalue weighted by Gasteiger charge is 2.46. The quantitative estimate of drug-likeness (QED) is 0.857. The Balaban J connectivity index is 2.25. The first-order valence-electron chi connectivity index (χ1n) is 5.26. The lowest BCUT2D eigenvalue weighted by atomic mass is 10.2. The molecule has 0 saturated heterocycles. The maximum absolute atomic E-state index is 12.7. The van der Waals surface area contributed by atoms with Crippen molar-refractivity contribution in [3.05, 3.63) is 23.8 Å². The molecule has 1 aliphatic carbocycles. The number of halogens is 1. The van der Waals surface area contributed by atoms with Gasteiger partial charge in [-0.05, 0) is 31.0 Å². The van der Waals surface area contributed by atoms with Crippen LogP contribution >= 0.6 is 0 Å². The molecule has 0 bridgehead atoms. The summed E-state index contributed by atoms with van der Waals surface area (Å²) in [5, 5.41) is 8.83. The molecule has 0 atom stereocenters. The van der Waals surface area contributed by atoms with E-state index in [1.54, 1.807) is 0 Å². The summed E-state index contributed by atoms with van der Waals surface area (Å²) >= 11 is 0. The van der Waals surface area contributed by atoms with Crippen molar-refractivity contribution >= 4 is 5.97 Å². The number of carboxylic acid groups (broad SMARTS) is 1. The van der Waals surface area contributed by atoms with Gasteiger partial charge >= 0.3 is 5.97 Å². The van der Waals surface area contributed by atoms with Crippen molar-refractivity contribution in [3.8, 4) is 11.5 Å². The number of benzene rings is 1. The van der Waals surface area contributed by atoms with Crippen molar-refractivity contribution in [1.29, 1.82) is 0 Å². The number of ether oxygens (including phenoxy) is 2. The van der Waals surface area contributed by atoms with Gasteiger partial charge in [0.15, 0.2) is 11.5 Å². The van der Waals surface area contributed by atoms with Crippen LogP contribution in [-0.4, -0.2) is 30.5 Å². The van der Waals surface area contributed by atoms with E-state index in [9.17, 15) is 9.18 Å². The number of rotatable bonds is 5. The predicted molar refractivity (Wildman–Crippen MR) is 58.5 cm³/mol. The molecule has 2 rings (SSSR count). The number of hydrogen-bond donors (Lipinski definition) is 1. The minimum absolute atomic E-state index is 0.110. The van der Waals surface area contributed by atoms with Gasteiger partial charge in [-0.3, -0.25) is 0 Å². The Hall–Kier alpha value is -1.78. The maximum atomic E-state index is 12.7. The van der Waals surface area contributed by atoms with E-state index in [-0.39, 0.29) is 5.56 Å². The lowest BCUT2D eigenvalue weighted by Crippen LogP contribution is -2.20. The van der Waals surface area contributed by atoms with Crippen LogP contribution in [0.4, 0.5) is 4.39 Å². The molecule has 17 heavy (non-hydrogen) atoms. The second-order valence-electron chi connectivity index (χ2n) is 4.09. The van der Waals surface area contributed by atoms with Crippen LogP contribution in [0.3, 0.4) is 0 Å². The Kier molecular flexibility index (Phi) is 2.92. The zero-order valence-corrected chi connectivity index (χ0v) is 9.40. The first-order chi connectivity index (χ1) is 8.10. The number of hydrogen-bond acceptors (Lipinski definition) is 3. The van der Waals surface area contributed by atoms with Crippen molar-refractivity contribution < 1.29 is 23.8 Å². The maximum Gasteiger partial charge on any atom is 0.335 e. The number of methoxy groups -OCH3 is 1. The fourth-order valence-electron chi connectivity index (χ4n) is 1.52. The molecule has 1 saturated carbocycles. The van der Waals surface area contributed by atoms with E-state index in [4.69, 9.17) is 14.6 Å². The minimum atomic E-state index is -1.04. The van der Waals surface area contributed by atoms with Crippen LogP contribution in [0, 0.1) is 0 Å². The fourth-order valence-corrected chi connectivity index (χ4v) is 1.52. The number of carbonyl (C=O) groups is 1. The summed E-state index contributed by atoms with van der Waals surface area (Å²) in [6.45, 7) is -0.545. The lowest BCUT2D eigenvalue weighted by Gasteiger charge is -2.17. The molecule has 0 radical (unpaired) electrons. The fraction of sp³-hybridized carbons (Fsp3) is 0.417. The topological polar surface area (TPSA) is 55.8 Å². The largest absolute Gasteiger partial charge is 0.493 e. The second-order valence-corrected chi connectivity index (χ2v) is 4.09. The van der Waals surface area contributed by atoms with E-state index in [2.05, 4.69) is 0 Å². The monoisotopic (exact) mass is 240 g/mol. The lowest BCUT2D eigenvalue weighted by molar-refractivity contribution is 0.0696. The summed E-state index contributed by atoms with van der Waals surface area (Å²) in [7, 11) is 1.42. The summed E-state index contributed by atoms with van der Waals surface area (Å²) in [6, 6.07) is 4.28. The van der Waals surface area contributed by atoms with Gasteiger partial charge in [0.05, 0.1) is 12.7 Å². The van der Waals surface area contributed by atoms with E-state index < -0.39 is 18.2 Å². The molecule has 1 N–H and O–H groups in total. The van der Waals surface area contributed by atoms with Crippen LogP contribution < -0.4 is 9.47 Å². The number of carboxylic acids is 1. The smallest absolute Gasteiger partial charge is 0.335 e. The summed E-state index contributed by atoms with van der Waals surface area (Å²) in [5.41, 5.74) is -0.614. The molecule has 92 valence electrons. The first kappa shape index (κ1) is 11.7. The molecule has 0 aliphatic heterocycles. The van der Waals surface area contributed by atoms with Crippen molar-refractivity contribution in [2.45, 2.75) is 18.4 Å². The highest BCUT2D eigenvalue weighted by Crippen LogP contribution is 2.43. The minimum Gasteiger partial charge on any atom is -0.493 e. The molecule has 1 aliphatic rings. The molecule has 0 heterocycles. The summed E-state index contributed by atoms with van der Waals surface area (Å²) in [4.78, 5) is 10.8. The molecule has 0 amide bonds. The SMILES string of the molecule is COc1cc(C(=O)O)ccc1OC1(CF)CC1. The number of alkyl halides is 1. The zero-order chi connectivity index (χ0) is 12.5. The molecular formula is C12H13FO4. The molecule has 1 fully saturated rings. The predicted octanol–water partition coefficient (Wildman–Crippen LogP) is 2.27. The average molecular weight is 240 g/mol.